The molecule has 0 spiro atoms. The molecular formula is C7H17Cl2N3O. The van der Waals surface area contributed by atoms with Crippen LogP contribution in [0.1, 0.15) is 12.8 Å². The smallest absolute Gasteiger partial charge is 0.231 e. The van der Waals surface area contributed by atoms with E-state index >= 15 is 0 Å². The van der Waals surface area contributed by atoms with Gasteiger partial charge in [0.25, 0.3) is 0 Å². The van der Waals surface area contributed by atoms with Gasteiger partial charge >= 0.3 is 0 Å². The van der Waals surface area contributed by atoms with Crippen LogP contribution in [0.2, 0.25) is 0 Å². The van der Waals surface area contributed by atoms with E-state index < -0.39 is 0 Å². The highest BCUT2D eigenvalue weighted by Crippen LogP contribution is 2.06. The molecule has 13 heavy (non-hydrogen) atoms. The van der Waals surface area contributed by atoms with Crippen molar-refractivity contribution in [2.45, 2.75) is 18.9 Å². The molecule has 1 aliphatic heterocycles. The van der Waals surface area contributed by atoms with E-state index in [-0.39, 0.29) is 36.8 Å². The molecule has 4 N–H and O–H groups in total. The van der Waals surface area contributed by atoms with Gasteiger partial charge in [-0.2, -0.15) is 0 Å². The summed E-state index contributed by atoms with van der Waals surface area (Å²) in [4.78, 5) is 12.5. The number of carbonyl (C=O) groups excluding carboxylic acids is 1. The third-order valence-electron chi connectivity index (χ3n) is 1.92. The van der Waals surface area contributed by atoms with Gasteiger partial charge in [0.1, 0.15) is 0 Å². The molecule has 1 fully saturated rings. The second kappa shape index (κ2) is 7.38. The predicted molar refractivity (Wildman–Crippen MR) is 57.3 cm³/mol. The molecule has 0 aromatic heterocycles. The first-order valence-electron chi connectivity index (χ1n) is 3.94. The second-order valence-corrected chi connectivity index (χ2v) is 3.10. The Labute approximate surface area is 90.8 Å². The molecule has 1 aliphatic rings. The number of primary amides is 1. The Kier molecular flexibility index (Phi) is 8.77. The molecule has 6 heteroatoms. The zero-order chi connectivity index (χ0) is 8.27. The van der Waals surface area contributed by atoms with Crippen molar-refractivity contribution in [2.24, 2.45) is 11.5 Å². The maximum atomic E-state index is 10.5. The number of nitrogens with two attached hydrogens (primary N) is 2. The number of rotatable bonds is 2. The monoisotopic (exact) mass is 229 g/mol. The second-order valence-electron chi connectivity index (χ2n) is 3.10. The highest BCUT2D eigenvalue weighted by molar-refractivity contribution is 5.85. The van der Waals surface area contributed by atoms with Crippen molar-refractivity contribution in [1.82, 2.24) is 4.90 Å². The van der Waals surface area contributed by atoms with Crippen LogP contribution in [0.3, 0.4) is 0 Å². The summed E-state index contributed by atoms with van der Waals surface area (Å²) in [5.74, 6) is -0.265. The van der Waals surface area contributed by atoms with E-state index in [0.717, 1.165) is 25.9 Å². The Hall–Kier alpha value is -0.0300. The van der Waals surface area contributed by atoms with Gasteiger partial charge in [0.2, 0.25) is 5.91 Å². The van der Waals surface area contributed by atoms with E-state index in [1.54, 1.807) is 0 Å². The minimum Gasteiger partial charge on any atom is -0.369 e. The normalized spacial score (nSPS) is 22.7. The molecule has 0 saturated carbocycles. The van der Waals surface area contributed by atoms with E-state index in [9.17, 15) is 4.79 Å². The summed E-state index contributed by atoms with van der Waals surface area (Å²) >= 11 is 0. The minimum absolute atomic E-state index is 0. The van der Waals surface area contributed by atoms with E-state index in [4.69, 9.17) is 11.5 Å². The van der Waals surface area contributed by atoms with E-state index in [0.29, 0.717) is 6.54 Å². The van der Waals surface area contributed by atoms with Gasteiger partial charge in [-0.05, 0) is 19.4 Å². The van der Waals surface area contributed by atoms with E-state index in [1.807, 2.05) is 4.90 Å². The molecule has 4 nitrogen and oxygen atoms in total. The first-order chi connectivity index (χ1) is 5.18. The van der Waals surface area contributed by atoms with Crippen molar-refractivity contribution in [3.63, 3.8) is 0 Å². The Balaban J connectivity index is 0. The largest absolute Gasteiger partial charge is 0.369 e. The number of piperidine rings is 1. The van der Waals surface area contributed by atoms with Gasteiger partial charge in [0.15, 0.2) is 0 Å². The third-order valence-corrected chi connectivity index (χ3v) is 1.92. The molecular weight excluding hydrogens is 213 g/mol. The first-order valence-corrected chi connectivity index (χ1v) is 3.94. The van der Waals surface area contributed by atoms with Crippen molar-refractivity contribution < 1.29 is 4.79 Å². The maximum Gasteiger partial charge on any atom is 0.231 e. The fourth-order valence-electron chi connectivity index (χ4n) is 1.46. The summed E-state index contributed by atoms with van der Waals surface area (Å²) in [5.41, 5.74) is 10.8. The Morgan fingerprint density at radius 1 is 1.46 bits per heavy atom. The number of hydrogen-bond acceptors (Lipinski definition) is 3. The molecule has 1 atom stereocenters. The van der Waals surface area contributed by atoms with E-state index in [2.05, 4.69) is 0 Å². The number of halogens is 2. The van der Waals surface area contributed by atoms with Gasteiger partial charge in [0, 0.05) is 12.6 Å². The van der Waals surface area contributed by atoms with Gasteiger partial charge in [0.05, 0.1) is 6.54 Å². The quantitative estimate of drug-likeness (QED) is 0.686. The summed E-state index contributed by atoms with van der Waals surface area (Å²) in [6.07, 6.45) is 2.14. The Bertz CT molecular complexity index is 157. The van der Waals surface area contributed by atoms with Crippen molar-refractivity contribution in [3.8, 4) is 0 Å². The maximum absolute atomic E-state index is 10.5. The molecule has 1 rings (SSSR count). The molecule has 0 aliphatic carbocycles. The molecule has 80 valence electrons. The first kappa shape index (κ1) is 15.4. The molecule has 1 saturated heterocycles. The average molecular weight is 230 g/mol. The predicted octanol–water partition coefficient (Wildman–Crippen LogP) is -0.262. The van der Waals surface area contributed by atoms with Crippen molar-refractivity contribution in [2.75, 3.05) is 19.6 Å². The number of carbonyl (C=O) groups is 1. The fraction of sp³-hybridized carbons (Fsp3) is 0.857. The fourth-order valence-corrected chi connectivity index (χ4v) is 1.46. The van der Waals surface area contributed by atoms with Crippen LogP contribution in [0.15, 0.2) is 0 Å². The van der Waals surface area contributed by atoms with Crippen molar-refractivity contribution >= 4 is 30.7 Å². The lowest BCUT2D eigenvalue weighted by atomic mass is 10.1. The molecule has 1 unspecified atom stereocenters. The van der Waals surface area contributed by atoms with Crippen LogP contribution in [0.5, 0.6) is 0 Å². The number of nitrogens with zero attached hydrogens (tertiary/aromatic N) is 1. The average Bonchev–Trinajstić information content (AvgIpc) is 1.85. The number of hydrogen-bond donors (Lipinski definition) is 2. The zero-order valence-electron chi connectivity index (χ0n) is 7.44. The summed E-state index contributed by atoms with van der Waals surface area (Å²) in [6, 6.07) is 0.225. The van der Waals surface area contributed by atoms with Crippen LogP contribution in [-0.2, 0) is 4.79 Å². The van der Waals surface area contributed by atoms with Gasteiger partial charge in [-0.15, -0.1) is 24.8 Å². The SMILES string of the molecule is Cl.Cl.NC(=O)CN1CCCC(N)C1. The molecule has 1 heterocycles. The van der Waals surface area contributed by atoms with Gasteiger partial charge < -0.3 is 11.5 Å². The molecule has 0 aromatic carbocycles. The lowest BCUT2D eigenvalue weighted by Crippen LogP contribution is -2.45. The Morgan fingerprint density at radius 2 is 2.08 bits per heavy atom. The standard InChI is InChI=1S/C7H15N3O.2ClH/c8-6-2-1-3-10(4-6)5-7(9)11;;/h6H,1-5,8H2,(H2,9,11);2*1H. The van der Waals surface area contributed by atoms with Gasteiger partial charge in [-0.1, -0.05) is 0 Å². The van der Waals surface area contributed by atoms with Crippen molar-refractivity contribution in [1.29, 1.82) is 0 Å². The minimum atomic E-state index is -0.265. The molecule has 1 amide bonds. The number of likely N-dealkylation sites (tertiary alicyclic amines) is 1. The van der Waals surface area contributed by atoms with Crippen LogP contribution >= 0.6 is 24.8 Å². The zero-order valence-corrected chi connectivity index (χ0v) is 9.07. The summed E-state index contributed by atoms with van der Waals surface area (Å²) in [7, 11) is 0. The lowest BCUT2D eigenvalue weighted by Gasteiger charge is -2.29. The highest BCUT2D eigenvalue weighted by Gasteiger charge is 2.17. The van der Waals surface area contributed by atoms with Gasteiger partial charge in [-0.3, -0.25) is 9.69 Å². The Morgan fingerprint density at radius 3 is 2.54 bits per heavy atom. The molecule has 0 bridgehead atoms. The molecule has 0 radical (unpaired) electrons. The summed E-state index contributed by atoms with van der Waals surface area (Å²) in [5, 5.41) is 0. The highest BCUT2D eigenvalue weighted by atomic mass is 35.5. The van der Waals surface area contributed by atoms with Crippen LogP contribution < -0.4 is 11.5 Å². The summed E-state index contributed by atoms with van der Waals surface area (Å²) < 4.78 is 0. The topological polar surface area (TPSA) is 72.4 Å². The summed E-state index contributed by atoms with van der Waals surface area (Å²) in [6.45, 7) is 2.12. The van der Waals surface area contributed by atoms with Crippen LogP contribution in [0.25, 0.3) is 0 Å². The van der Waals surface area contributed by atoms with Crippen molar-refractivity contribution in [3.05, 3.63) is 0 Å². The number of amides is 1. The lowest BCUT2D eigenvalue weighted by molar-refractivity contribution is -0.119. The van der Waals surface area contributed by atoms with Crippen LogP contribution in [0.4, 0.5) is 0 Å². The van der Waals surface area contributed by atoms with E-state index in [1.165, 1.54) is 0 Å². The third kappa shape index (κ3) is 6.10. The van der Waals surface area contributed by atoms with Crippen LogP contribution in [-0.4, -0.2) is 36.5 Å². The molecule has 0 aromatic rings. The van der Waals surface area contributed by atoms with Crippen LogP contribution in [0, 0.1) is 0 Å². The van der Waals surface area contributed by atoms with Gasteiger partial charge in [-0.25, -0.2) is 0 Å².